The van der Waals surface area contributed by atoms with E-state index in [1.807, 2.05) is 18.2 Å². The summed E-state index contributed by atoms with van der Waals surface area (Å²) in [5, 5.41) is 9.54. The number of carboxylic acid groups (broad SMARTS) is 1. The molecular formula is C25H31N3O3. The summed E-state index contributed by atoms with van der Waals surface area (Å²) in [6.45, 7) is 8.59. The first-order valence-corrected chi connectivity index (χ1v) is 11.2. The Kier molecular flexibility index (Phi) is 5.65. The maximum atomic E-state index is 13.1. The van der Waals surface area contributed by atoms with Crippen molar-refractivity contribution in [1.29, 1.82) is 0 Å². The molecule has 2 aromatic rings. The number of hydrogen-bond donors (Lipinski definition) is 1. The van der Waals surface area contributed by atoms with Crippen LogP contribution in [0.3, 0.4) is 0 Å². The van der Waals surface area contributed by atoms with Gasteiger partial charge in [-0.15, -0.1) is 0 Å². The van der Waals surface area contributed by atoms with E-state index < -0.39 is 17.2 Å². The Morgan fingerprint density at radius 2 is 1.84 bits per heavy atom. The van der Waals surface area contributed by atoms with Gasteiger partial charge in [0.15, 0.2) is 0 Å². The predicted octanol–water partition coefficient (Wildman–Crippen LogP) is 4.09. The number of piperidine rings is 1. The van der Waals surface area contributed by atoms with Crippen molar-refractivity contribution in [3.8, 4) is 11.8 Å². The van der Waals surface area contributed by atoms with Crippen LogP contribution in [0.15, 0.2) is 29.1 Å². The Morgan fingerprint density at radius 3 is 2.42 bits per heavy atom. The van der Waals surface area contributed by atoms with Crippen molar-refractivity contribution >= 4 is 17.0 Å². The molecule has 6 nitrogen and oxygen atoms in total. The van der Waals surface area contributed by atoms with Crippen molar-refractivity contribution in [2.24, 2.45) is 5.41 Å². The van der Waals surface area contributed by atoms with E-state index in [0.29, 0.717) is 17.6 Å². The molecule has 0 amide bonds. The number of aromatic nitrogens is 2. The zero-order valence-corrected chi connectivity index (χ0v) is 18.8. The smallest absolute Gasteiger partial charge is 0.360 e. The second kappa shape index (κ2) is 8.12. The summed E-state index contributed by atoms with van der Waals surface area (Å²) in [5.41, 5.74) is 0.354. The van der Waals surface area contributed by atoms with Crippen LogP contribution < -0.4 is 5.56 Å². The highest BCUT2D eigenvalue weighted by atomic mass is 16.4. The Hall–Kier alpha value is -2.65. The largest absolute Gasteiger partial charge is 0.476 e. The van der Waals surface area contributed by atoms with Crippen molar-refractivity contribution in [2.45, 2.75) is 84.0 Å². The Balaban J connectivity index is 1.71. The average Bonchev–Trinajstić information content (AvgIpc) is 2.96. The fourth-order valence-electron chi connectivity index (χ4n) is 5.25. The van der Waals surface area contributed by atoms with Crippen LogP contribution in [0.2, 0.25) is 0 Å². The van der Waals surface area contributed by atoms with Gasteiger partial charge in [0.05, 0.1) is 17.1 Å². The molecule has 2 aliphatic rings. The summed E-state index contributed by atoms with van der Waals surface area (Å²) in [6.07, 6.45) is 4.83. The van der Waals surface area contributed by atoms with Crippen molar-refractivity contribution in [1.82, 2.24) is 14.5 Å². The first-order valence-electron chi connectivity index (χ1n) is 11.2. The van der Waals surface area contributed by atoms with E-state index in [4.69, 9.17) is 0 Å². The molecule has 164 valence electrons. The van der Waals surface area contributed by atoms with Crippen molar-refractivity contribution in [2.75, 3.05) is 0 Å². The van der Waals surface area contributed by atoms with Crippen LogP contribution in [0.1, 0.15) is 76.3 Å². The summed E-state index contributed by atoms with van der Waals surface area (Å²) in [5.74, 6) is 5.66. The van der Waals surface area contributed by atoms with Crippen molar-refractivity contribution < 1.29 is 9.90 Å². The molecule has 0 aliphatic carbocycles. The fraction of sp³-hybridized carbons (Fsp3) is 0.560. The van der Waals surface area contributed by atoms with E-state index in [9.17, 15) is 14.7 Å². The van der Waals surface area contributed by atoms with E-state index in [2.05, 4.69) is 49.4 Å². The lowest BCUT2D eigenvalue weighted by Gasteiger charge is -2.42. The second-order valence-electron chi connectivity index (χ2n) is 9.83. The number of carbonyl (C=O) groups is 1. The van der Waals surface area contributed by atoms with Crippen LogP contribution in [-0.2, 0) is 0 Å². The third-order valence-corrected chi connectivity index (χ3v) is 6.49. The highest BCUT2D eigenvalue weighted by molar-refractivity contribution is 5.88. The van der Waals surface area contributed by atoms with Gasteiger partial charge in [0.2, 0.25) is 5.69 Å². The number of benzene rings is 1. The number of hydrogen-bond acceptors (Lipinski definition) is 4. The number of aromatic carboxylic acids is 1. The maximum absolute atomic E-state index is 13.1. The summed E-state index contributed by atoms with van der Waals surface area (Å²) in [4.78, 5) is 31.5. The number of rotatable bonds is 4. The van der Waals surface area contributed by atoms with Gasteiger partial charge in [-0.1, -0.05) is 30.9 Å². The molecule has 4 atom stereocenters. The lowest BCUT2D eigenvalue weighted by atomic mass is 9.93. The van der Waals surface area contributed by atoms with Crippen LogP contribution >= 0.6 is 0 Å². The van der Waals surface area contributed by atoms with E-state index in [0.717, 1.165) is 37.6 Å². The molecular weight excluding hydrogens is 390 g/mol. The highest BCUT2D eigenvalue weighted by Crippen LogP contribution is 2.42. The lowest BCUT2D eigenvalue weighted by Crippen LogP contribution is -2.49. The molecule has 0 spiro atoms. The quantitative estimate of drug-likeness (QED) is 0.753. The molecule has 4 rings (SSSR count). The molecule has 1 aromatic carbocycles. The van der Waals surface area contributed by atoms with E-state index in [1.54, 1.807) is 10.6 Å². The molecule has 2 bridgehead atoms. The minimum absolute atomic E-state index is 0.0265. The second-order valence-corrected chi connectivity index (χ2v) is 9.83. The third-order valence-electron chi connectivity index (χ3n) is 6.49. The molecule has 1 aromatic heterocycles. The van der Waals surface area contributed by atoms with Crippen LogP contribution in [0, 0.1) is 17.3 Å². The van der Waals surface area contributed by atoms with Crippen molar-refractivity contribution in [3.05, 3.63) is 40.3 Å². The fourth-order valence-corrected chi connectivity index (χ4v) is 5.25. The molecule has 0 radical (unpaired) electrons. The van der Waals surface area contributed by atoms with Gasteiger partial charge >= 0.3 is 5.97 Å². The summed E-state index contributed by atoms with van der Waals surface area (Å²) in [7, 11) is 0. The zero-order valence-electron chi connectivity index (χ0n) is 18.8. The predicted molar refractivity (Wildman–Crippen MR) is 121 cm³/mol. The van der Waals surface area contributed by atoms with E-state index in [-0.39, 0.29) is 17.5 Å². The molecule has 2 fully saturated rings. The van der Waals surface area contributed by atoms with Crippen LogP contribution in [-0.4, -0.2) is 43.7 Å². The van der Waals surface area contributed by atoms with E-state index in [1.165, 1.54) is 0 Å². The Bertz CT molecular complexity index is 1100. The third kappa shape index (κ3) is 4.12. The molecule has 2 saturated heterocycles. The normalized spacial score (nSPS) is 24.6. The average molecular weight is 422 g/mol. The van der Waals surface area contributed by atoms with Crippen LogP contribution in [0.5, 0.6) is 0 Å². The number of carboxylic acids is 1. The molecule has 2 aliphatic heterocycles. The summed E-state index contributed by atoms with van der Waals surface area (Å²) < 4.78 is 1.70. The number of nitrogens with zero attached hydrogens (tertiary/aromatic N) is 3. The van der Waals surface area contributed by atoms with Gasteiger partial charge in [-0.25, -0.2) is 9.78 Å². The number of para-hydroxylation sites is 2. The Labute approximate surface area is 183 Å². The maximum Gasteiger partial charge on any atom is 0.360 e. The number of fused-ring (bicyclic) bond motifs is 3. The molecule has 3 heterocycles. The van der Waals surface area contributed by atoms with E-state index >= 15 is 0 Å². The van der Waals surface area contributed by atoms with Crippen LogP contribution in [0.25, 0.3) is 11.0 Å². The van der Waals surface area contributed by atoms with Crippen LogP contribution in [0.4, 0.5) is 0 Å². The SMILES string of the molecule is CCC(C#CC(C)(C)C)N1[C@@H]2CC[C@H]1CC(n1c(=O)c(C(=O)O)nc3ccccc31)C2. The van der Waals surface area contributed by atoms with Gasteiger partial charge in [0.25, 0.3) is 5.56 Å². The molecule has 2 unspecified atom stereocenters. The lowest BCUT2D eigenvalue weighted by molar-refractivity contribution is 0.0684. The first kappa shape index (κ1) is 21.6. The first-order chi connectivity index (χ1) is 14.7. The van der Waals surface area contributed by atoms with Crippen molar-refractivity contribution in [3.63, 3.8) is 0 Å². The summed E-state index contributed by atoms with van der Waals surface area (Å²) >= 11 is 0. The van der Waals surface area contributed by atoms with Gasteiger partial charge < -0.3 is 9.67 Å². The highest BCUT2D eigenvalue weighted by Gasteiger charge is 2.44. The van der Waals surface area contributed by atoms with Gasteiger partial charge in [-0.3, -0.25) is 9.69 Å². The Morgan fingerprint density at radius 1 is 1.19 bits per heavy atom. The minimum atomic E-state index is -1.27. The monoisotopic (exact) mass is 421 g/mol. The van der Waals surface area contributed by atoms with Gasteiger partial charge in [-0.2, -0.15) is 0 Å². The molecule has 31 heavy (non-hydrogen) atoms. The standard InChI is InChI=1S/C25H31N3O3/c1-5-16(12-13-25(2,3)4)27-17-10-11-18(27)15-19(14-17)28-21-9-7-6-8-20(21)26-22(23(28)29)24(30)31/h6-9,16-19H,5,10-11,14-15H2,1-4H3,(H,30,31)/t16?,17-,18+,19?. The topological polar surface area (TPSA) is 75.4 Å². The molecule has 6 heteroatoms. The molecule has 1 N–H and O–H groups in total. The van der Waals surface area contributed by atoms with Gasteiger partial charge in [0, 0.05) is 23.5 Å². The molecule has 0 saturated carbocycles. The minimum Gasteiger partial charge on any atom is -0.476 e. The zero-order chi connectivity index (χ0) is 22.3. The van der Waals surface area contributed by atoms with Gasteiger partial charge in [-0.05, 0) is 65.0 Å². The van der Waals surface area contributed by atoms with Gasteiger partial charge in [0.1, 0.15) is 0 Å². The summed E-state index contributed by atoms with van der Waals surface area (Å²) in [6, 6.07) is 8.24.